The summed E-state index contributed by atoms with van der Waals surface area (Å²) in [6.45, 7) is 3.90. The number of anilines is 1. The van der Waals surface area contributed by atoms with Crippen molar-refractivity contribution in [1.82, 2.24) is 0 Å². The van der Waals surface area contributed by atoms with Crippen LogP contribution in [0.3, 0.4) is 0 Å². The van der Waals surface area contributed by atoms with Gasteiger partial charge in [-0.05, 0) is 49.2 Å². The van der Waals surface area contributed by atoms with Crippen LogP contribution < -0.4 is 5.32 Å². The van der Waals surface area contributed by atoms with Crippen molar-refractivity contribution in [3.05, 3.63) is 69.8 Å². The maximum Gasteiger partial charge on any atom is 0.266 e. The zero-order chi connectivity index (χ0) is 16.1. The monoisotopic (exact) mass is 310 g/mol. The summed E-state index contributed by atoms with van der Waals surface area (Å²) in [6, 6.07) is 14.6. The summed E-state index contributed by atoms with van der Waals surface area (Å²) < 4.78 is 0. The number of amides is 1. The largest absolute Gasteiger partial charge is 0.321 e. The van der Waals surface area contributed by atoms with Gasteiger partial charge in [-0.25, -0.2) is 0 Å². The Bertz CT molecular complexity index is 788. The lowest BCUT2D eigenvalue weighted by atomic mass is 10.1. The molecule has 110 valence electrons. The summed E-state index contributed by atoms with van der Waals surface area (Å²) in [7, 11) is 0. The van der Waals surface area contributed by atoms with E-state index in [-0.39, 0.29) is 5.57 Å². The van der Waals surface area contributed by atoms with E-state index in [1.165, 1.54) is 6.08 Å². The molecule has 2 aromatic carbocycles. The van der Waals surface area contributed by atoms with Crippen molar-refractivity contribution in [3.63, 3.8) is 0 Å². The molecule has 0 saturated heterocycles. The van der Waals surface area contributed by atoms with Crippen LogP contribution in [0.4, 0.5) is 5.69 Å². The van der Waals surface area contributed by atoms with Gasteiger partial charge in [0.15, 0.2) is 0 Å². The van der Waals surface area contributed by atoms with Crippen molar-refractivity contribution in [2.45, 2.75) is 13.8 Å². The van der Waals surface area contributed by atoms with Gasteiger partial charge < -0.3 is 5.32 Å². The molecular formula is C18H15ClN2O. The second-order valence-electron chi connectivity index (χ2n) is 5.00. The zero-order valence-electron chi connectivity index (χ0n) is 12.4. The Labute approximate surface area is 134 Å². The summed E-state index contributed by atoms with van der Waals surface area (Å²) in [5.74, 6) is -0.436. The number of nitriles is 1. The van der Waals surface area contributed by atoms with E-state index >= 15 is 0 Å². The Morgan fingerprint density at radius 1 is 1.23 bits per heavy atom. The molecule has 0 aromatic heterocycles. The molecule has 3 nitrogen and oxygen atoms in total. The Morgan fingerprint density at radius 2 is 2.00 bits per heavy atom. The molecular weight excluding hydrogens is 296 g/mol. The molecule has 4 heteroatoms. The van der Waals surface area contributed by atoms with Crippen molar-refractivity contribution < 1.29 is 4.79 Å². The maximum atomic E-state index is 12.2. The minimum Gasteiger partial charge on any atom is -0.321 e. The van der Waals surface area contributed by atoms with Crippen LogP contribution in [-0.2, 0) is 4.79 Å². The highest BCUT2D eigenvalue weighted by atomic mass is 35.5. The first kappa shape index (κ1) is 15.8. The number of nitrogens with zero attached hydrogens (tertiary/aromatic N) is 1. The van der Waals surface area contributed by atoms with E-state index in [0.29, 0.717) is 16.3 Å². The third kappa shape index (κ3) is 3.97. The van der Waals surface area contributed by atoms with Gasteiger partial charge in [-0.15, -0.1) is 0 Å². The molecule has 0 aliphatic carbocycles. The van der Waals surface area contributed by atoms with Crippen molar-refractivity contribution in [2.75, 3.05) is 5.32 Å². The van der Waals surface area contributed by atoms with Crippen LogP contribution in [0.5, 0.6) is 0 Å². The average Bonchev–Trinajstić information content (AvgIpc) is 2.47. The number of nitrogens with one attached hydrogen (secondary N) is 1. The normalized spacial score (nSPS) is 10.9. The first-order valence-electron chi connectivity index (χ1n) is 6.75. The van der Waals surface area contributed by atoms with Crippen LogP contribution in [-0.4, -0.2) is 5.91 Å². The Morgan fingerprint density at radius 3 is 2.64 bits per heavy atom. The van der Waals surface area contributed by atoms with Gasteiger partial charge in [0.05, 0.1) is 0 Å². The number of hydrogen-bond acceptors (Lipinski definition) is 2. The van der Waals surface area contributed by atoms with Crippen LogP contribution in [0.2, 0.25) is 5.02 Å². The quantitative estimate of drug-likeness (QED) is 0.670. The van der Waals surface area contributed by atoms with Gasteiger partial charge in [-0.2, -0.15) is 5.26 Å². The fourth-order valence-electron chi connectivity index (χ4n) is 2.06. The summed E-state index contributed by atoms with van der Waals surface area (Å²) in [5.41, 5.74) is 3.50. The predicted octanol–water partition coefficient (Wildman–Crippen LogP) is 4.50. The molecule has 0 aliphatic heterocycles. The van der Waals surface area contributed by atoms with Crippen LogP contribution in [0, 0.1) is 25.2 Å². The highest BCUT2D eigenvalue weighted by Crippen LogP contribution is 2.18. The minimum atomic E-state index is -0.436. The van der Waals surface area contributed by atoms with E-state index in [1.54, 1.807) is 24.3 Å². The smallest absolute Gasteiger partial charge is 0.266 e. The van der Waals surface area contributed by atoms with E-state index in [9.17, 15) is 10.1 Å². The standard InChI is InChI=1S/C18H15ClN2O/c1-12-6-7-17(13(2)8-12)21-18(22)15(11-20)9-14-4-3-5-16(19)10-14/h3-10H,1-2H3,(H,21,22)/b15-9+. The van der Waals surface area contributed by atoms with E-state index in [0.717, 1.165) is 11.1 Å². The summed E-state index contributed by atoms with van der Waals surface area (Å²) in [5, 5.41) is 12.5. The second-order valence-corrected chi connectivity index (χ2v) is 5.43. The van der Waals surface area contributed by atoms with Crippen LogP contribution in [0.1, 0.15) is 16.7 Å². The molecule has 0 unspecified atom stereocenters. The summed E-state index contributed by atoms with van der Waals surface area (Å²) in [4.78, 5) is 12.2. The molecule has 0 saturated carbocycles. The SMILES string of the molecule is Cc1ccc(NC(=O)/C(C#N)=C/c2cccc(Cl)c2)c(C)c1. The molecule has 1 amide bonds. The molecule has 0 bridgehead atoms. The van der Waals surface area contributed by atoms with Gasteiger partial charge in [0, 0.05) is 10.7 Å². The maximum absolute atomic E-state index is 12.2. The molecule has 1 N–H and O–H groups in total. The minimum absolute atomic E-state index is 0.0299. The lowest BCUT2D eigenvalue weighted by Crippen LogP contribution is -2.14. The third-order valence-corrected chi connectivity index (χ3v) is 3.39. The van der Waals surface area contributed by atoms with Crippen molar-refractivity contribution in [3.8, 4) is 6.07 Å². The lowest BCUT2D eigenvalue weighted by molar-refractivity contribution is -0.112. The van der Waals surface area contributed by atoms with Crippen molar-refractivity contribution >= 4 is 29.3 Å². The molecule has 0 spiro atoms. The van der Waals surface area contributed by atoms with Crippen LogP contribution in [0.15, 0.2) is 48.0 Å². The van der Waals surface area contributed by atoms with E-state index < -0.39 is 5.91 Å². The molecule has 0 atom stereocenters. The molecule has 0 radical (unpaired) electrons. The molecule has 22 heavy (non-hydrogen) atoms. The fourth-order valence-corrected chi connectivity index (χ4v) is 2.25. The van der Waals surface area contributed by atoms with Crippen LogP contribution >= 0.6 is 11.6 Å². The Hall–Kier alpha value is -2.57. The topological polar surface area (TPSA) is 52.9 Å². The number of carbonyl (C=O) groups excluding carboxylic acids is 1. The summed E-state index contributed by atoms with van der Waals surface area (Å²) in [6.07, 6.45) is 1.52. The Balaban J connectivity index is 2.24. The molecule has 2 rings (SSSR count). The number of carbonyl (C=O) groups is 1. The number of rotatable bonds is 3. The van der Waals surface area contributed by atoms with Crippen LogP contribution in [0.25, 0.3) is 6.08 Å². The van der Waals surface area contributed by atoms with E-state index in [2.05, 4.69) is 5.32 Å². The average molecular weight is 311 g/mol. The number of hydrogen-bond donors (Lipinski definition) is 1. The first-order valence-corrected chi connectivity index (χ1v) is 7.13. The van der Waals surface area contributed by atoms with Gasteiger partial charge in [0.2, 0.25) is 0 Å². The first-order chi connectivity index (χ1) is 10.5. The molecule has 2 aromatic rings. The lowest BCUT2D eigenvalue weighted by Gasteiger charge is -2.08. The van der Waals surface area contributed by atoms with Crippen molar-refractivity contribution in [2.24, 2.45) is 0 Å². The number of aryl methyl sites for hydroxylation is 2. The Kier molecular flexibility index (Phi) is 4.98. The number of benzene rings is 2. The van der Waals surface area contributed by atoms with Gasteiger partial charge in [-0.3, -0.25) is 4.79 Å². The zero-order valence-corrected chi connectivity index (χ0v) is 13.1. The number of halogens is 1. The summed E-state index contributed by atoms with van der Waals surface area (Å²) >= 11 is 5.90. The molecule has 0 heterocycles. The predicted molar refractivity (Wildman–Crippen MR) is 89.6 cm³/mol. The molecule has 0 fully saturated rings. The highest BCUT2D eigenvalue weighted by molar-refractivity contribution is 6.30. The molecule has 0 aliphatic rings. The van der Waals surface area contributed by atoms with Gasteiger partial charge >= 0.3 is 0 Å². The third-order valence-electron chi connectivity index (χ3n) is 3.15. The van der Waals surface area contributed by atoms with Gasteiger partial charge in [0.1, 0.15) is 11.6 Å². The van der Waals surface area contributed by atoms with E-state index in [1.807, 2.05) is 38.1 Å². The van der Waals surface area contributed by atoms with Gasteiger partial charge in [0.25, 0.3) is 5.91 Å². The van der Waals surface area contributed by atoms with Gasteiger partial charge in [-0.1, -0.05) is 41.4 Å². The van der Waals surface area contributed by atoms with Crippen molar-refractivity contribution in [1.29, 1.82) is 5.26 Å². The van der Waals surface area contributed by atoms with E-state index in [4.69, 9.17) is 11.6 Å². The fraction of sp³-hybridized carbons (Fsp3) is 0.111. The second kappa shape index (κ2) is 6.93. The highest BCUT2D eigenvalue weighted by Gasteiger charge is 2.11.